The molecule has 1 atom stereocenters. The Labute approximate surface area is 117 Å². The van der Waals surface area contributed by atoms with Gasteiger partial charge in [-0.15, -0.1) is 0 Å². The SMILES string of the molecule is Cc1ccccc1CN(C)CC(O)CNC(C)(C)C. The minimum atomic E-state index is -0.340. The van der Waals surface area contributed by atoms with Crippen molar-refractivity contribution < 1.29 is 5.11 Å². The maximum atomic E-state index is 10.0. The average Bonchev–Trinajstić information content (AvgIpc) is 2.29. The molecular formula is C16H28N2O. The Morgan fingerprint density at radius 3 is 2.47 bits per heavy atom. The minimum Gasteiger partial charge on any atom is -0.390 e. The van der Waals surface area contributed by atoms with Gasteiger partial charge in [0, 0.05) is 25.2 Å². The van der Waals surface area contributed by atoms with Crippen molar-refractivity contribution in [2.45, 2.75) is 45.9 Å². The van der Waals surface area contributed by atoms with Crippen LogP contribution in [0.15, 0.2) is 24.3 Å². The first-order valence-corrected chi connectivity index (χ1v) is 6.94. The molecule has 2 N–H and O–H groups in total. The molecule has 0 radical (unpaired) electrons. The topological polar surface area (TPSA) is 35.5 Å². The van der Waals surface area contributed by atoms with Gasteiger partial charge in [-0.25, -0.2) is 0 Å². The van der Waals surface area contributed by atoms with Crippen molar-refractivity contribution in [3.05, 3.63) is 35.4 Å². The van der Waals surface area contributed by atoms with Gasteiger partial charge < -0.3 is 10.4 Å². The molecular weight excluding hydrogens is 236 g/mol. The molecule has 3 heteroatoms. The van der Waals surface area contributed by atoms with E-state index < -0.39 is 0 Å². The lowest BCUT2D eigenvalue weighted by atomic mass is 10.1. The highest BCUT2D eigenvalue weighted by Gasteiger charge is 2.14. The maximum absolute atomic E-state index is 10.0. The van der Waals surface area contributed by atoms with Gasteiger partial charge in [-0.3, -0.25) is 4.90 Å². The summed E-state index contributed by atoms with van der Waals surface area (Å²) in [5, 5.41) is 13.4. The van der Waals surface area contributed by atoms with E-state index in [4.69, 9.17) is 0 Å². The van der Waals surface area contributed by atoms with E-state index in [0.717, 1.165) is 6.54 Å². The summed E-state index contributed by atoms with van der Waals surface area (Å²) in [4.78, 5) is 2.16. The molecule has 0 fully saturated rings. The molecule has 1 aromatic carbocycles. The zero-order valence-electron chi connectivity index (χ0n) is 12.9. The van der Waals surface area contributed by atoms with Crippen LogP contribution in [0.1, 0.15) is 31.9 Å². The number of hydrogen-bond donors (Lipinski definition) is 2. The van der Waals surface area contributed by atoms with Gasteiger partial charge in [0.15, 0.2) is 0 Å². The molecule has 0 bridgehead atoms. The van der Waals surface area contributed by atoms with Crippen molar-refractivity contribution in [2.75, 3.05) is 20.1 Å². The number of nitrogens with zero attached hydrogens (tertiary/aromatic N) is 1. The number of likely N-dealkylation sites (N-methyl/N-ethyl adjacent to an activating group) is 1. The van der Waals surface area contributed by atoms with Crippen molar-refractivity contribution >= 4 is 0 Å². The summed E-state index contributed by atoms with van der Waals surface area (Å²) in [6.45, 7) is 10.6. The van der Waals surface area contributed by atoms with E-state index >= 15 is 0 Å². The van der Waals surface area contributed by atoms with Gasteiger partial charge in [0.2, 0.25) is 0 Å². The highest BCUT2D eigenvalue weighted by Crippen LogP contribution is 2.09. The maximum Gasteiger partial charge on any atom is 0.0791 e. The highest BCUT2D eigenvalue weighted by atomic mass is 16.3. The Bertz CT molecular complexity index is 385. The third-order valence-electron chi connectivity index (χ3n) is 3.09. The van der Waals surface area contributed by atoms with Gasteiger partial charge in [-0.1, -0.05) is 24.3 Å². The quantitative estimate of drug-likeness (QED) is 0.826. The molecule has 1 rings (SSSR count). The second-order valence-electron chi connectivity index (χ2n) is 6.41. The number of aryl methyl sites for hydroxylation is 1. The van der Waals surface area contributed by atoms with Gasteiger partial charge in [0.1, 0.15) is 0 Å². The molecule has 3 nitrogen and oxygen atoms in total. The van der Waals surface area contributed by atoms with E-state index in [1.54, 1.807) is 0 Å². The molecule has 0 saturated heterocycles. The van der Waals surface area contributed by atoms with Crippen molar-refractivity contribution in [1.29, 1.82) is 0 Å². The lowest BCUT2D eigenvalue weighted by molar-refractivity contribution is 0.114. The molecule has 0 aliphatic heterocycles. The van der Waals surface area contributed by atoms with E-state index in [-0.39, 0.29) is 11.6 Å². The normalized spacial score (nSPS) is 13.8. The predicted octanol–water partition coefficient (Wildman–Crippen LogP) is 2.18. The fourth-order valence-corrected chi connectivity index (χ4v) is 1.99. The van der Waals surface area contributed by atoms with Crippen molar-refractivity contribution in [3.63, 3.8) is 0 Å². The molecule has 1 aromatic rings. The summed E-state index contributed by atoms with van der Waals surface area (Å²) >= 11 is 0. The van der Waals surface area contributed by atoms with Gasteiger partial charge in [0.05, 0.1) is 6.10 Å². The monoisotopic (exact) mass is 264 g/mol. The number of rotatable bonds is 6. The highest BCUT2D eigenvalue weighted by molar-refractivity contribution is 5.25. The standard InChI is InChI=1S/C16H28N2O/c1-13-8-6-7-9-14(13)11-18(5)12-15(19)10-17-16(2,3)4/h6-9,15,17,19H,10-12H2,1-5H3. The van der Waals surface area contributed by atoms with Crippen LogP contribution in [-0.2, 0) is 6.54 Å². The van der Waals surface area contributed by atoms with Crippen LogP contribution < -0.4 is 5.32 Å². The first kappa shape index (κ1) is 16.2. The summed E-state index contributed by atoms with van der Waals surface area (Å²) < 4.78 is 0. The molecule has 0 aliphatic rings. The molecule has 0 heterocycles. The summed E-state index contributed by atoms with van der Waals surface area (Å²) in [7, 11) is 2.05. The van der Waals surface area contributed by atoms with Crippen molar-refractivity contribution in [3.8, 4) is 0 Å². The molecule has 0 aliphatic carbocycles. The van der Waals surface area contributed by atoms with Crippen LogP contribution >= 0.6 is 0 Å². The summed E-state index contributed by atoms with van der Waals surface area (Å²) in [6.07, 6.45) is -0.340. The first-order valence-electron chi connectivity index (χ1n) is 6.94. The predicted molar refractivity (Wildman–Crippen MR) is 81.3 cm³/mol. The Morgan fingerprint density at radius 1 is 1.26 bits per heavy atom. The van der Waals surface area contributed by atoms with Crippen LogP contribution in [0, 0.1) is 6.92 Å². The fraction of sp³-hybridized carbons (Fsp3) is 0.625. The molecule has 108 valence electrons. The largest absolute Gasteiger partial charge is 0.390 e. The van der Waals surface area contributed by atoms with Crippen LogP contribution in [0.2, 0.25) is 0 Å². The van der Waals surface area contributed by atoms with Crippen LogP contribution in [0.5, 0.6) is 0 Å². The molecule has 0 aromatic heterocycles. The van der Waals surface area contributed by atoms with Gasteiger partial charge in [-0.05, 0) is 45.9 Å². The smallest absolute Gasteiger partial charge is 0.0791 e. The Kier molecular flexibility index (Phi) is 5.98. The Hall–Kier alpha value is -0.900. The van der Waals surface area contributed by atoms with E-state index in [9.17, 15) is 5.11 Å². The molecule has 0 spiro atoms. The second kappa shape index (κ2) is 7.04. The molecule has 0 amide bonds. The zero-order chi connectivity index (χ0) is 14.5. The van der Waals surface area contributed by atoms with Crippen molar-refractivity contribution in [2.24, 2.45) is 0 Å². The van der Waals surface area contributed by atoms with Gasteiger partial charge in [0.25, 0.3) is 0 Å². The second-order valence-corrected chi connectivity index (χ2v) is 6.41. The number of aliphatic hydroxyl groups is 1. The number of aliphatic hydroxyl groups excluding tert-OH is 1. The first-order chi connectivity index (χ1) is 8.78. The number of β-amino-alcohol motifs (C(OH)–C–C–N with tert-alkyl or cyclic N) is 1. The van der Waals surface area contributed by atoms with E-state index in [1.807, 2.05) is 7.05 Å². The number of benzene rings is 1. The molecule has 0 saturated carbocycles. The minimum absolute atomic E-state index is 0.0512. The molecule has 1 unspecified atom stereocenters. The summed E-state index contributed by atoms with van der Waals surface area (Å²) in [5.74, 6) is 0. The third-order valence-corrected chi connectivity index (χ3v) is 3.09. The van der Waals surface area contributed by atoms with E-state index in [2.05, 4.69) is 62.2 Å². The zero-order valence-corrected chi connectivity index (χ0v) is 12.9. The van der Waals surface area contributed by atoms with E-state index in [0.29, 0.717) is 13.1 Å². The number of nitrogens with one attached hydrogen (secondary N) is 1. The van der Waals surface area contributed by atoms with Crippen LogP contribution in [0.4, 0.5) is 0 Å². The Balaban J connectivity index is 2.39. The van der Waals surface area contributed by atoms with Crippen LogP contribution in [-0.4, -0.2) is 41.8 Å². The third kappa shape index (κ3) is 6.71. The fourth-order valence-electron chi connectivity index (χ4n) is 1.99. The average molecular weight is 264 g/mol. The van der Waals surface area contributed by atoms with Crippen molar-refractivity contribution in [1.82, 2.24) is 10.2 Å². The number of hydrogen-bond acceptors (Lipinski definition) is 3. The summed E-state index contributed by atoms with van der Waals surface area (Å²) in [5.41, 5.74) is 2.67. The lowest BCUT2D eigenvalue weighted by Crippen LogP contribution is -2.44. The van der Waals surface area contributed by atoms with Crippen LogP contribution in [0.25, 0.3) is 0 Å². The van der Waals surface area contributed by atoms with Crippen LogP contribution in [0.3, 0.4) is 0 Å². The van der Waals surface area contributed by atoms with Gasteiger partial charge in [-0.2, -0.15) is 0 Å². The Morgan fingerprint density at radius 2 is 1.89 bits per heavy atom. The lowest BCUT2D eigenvalue weighted by Gasteiger charge is -2.26. The summed E-state index contributed by atoms with van der Waals surface area (Å²) in [6, 6.07) is 8.39. The van der Waals surface area contributed by atoms with Gasteiger partial charge >= 0.3 is 0 Å². The molecule has 19 heavy (non-hydrogen) atoms. The van der Waals surface area contributed by atoms with E-state index in [1.165, 1.54) is 11.1 Å².